The average molecular weight is 369 g/mol. The molecule has 4 aromatic rings. The highest BCUT2D eigenvalue weighted by atomic mass is 16.5. The molecular formula is C22H19N5O. The van der Waals surface area contributed by atoms with Crippen LogP contribution >= 0.6 is 0 Å². The second-order valence-corrected chi connectivity index (χ2v) is 6.67. The summed E-state index contributed by atoms with van der Waals surface area (Å²) in [6.45, 7) is 11.7. The third-order valence-electron chi connectivity index (χ3n) is 4.56. The van der Waals surface area contributed by atoms with Gasteiger partial charge in [-0.3, -0.25) is 0 Å². The van der Waals surface area contributed by atoms with Crippen molar-refractivity contribution in [2.45, 2.75) is 20.4 Å². The number of aromatic nitrogens is 3. The Kier molecular flexibility index (Phi) is 4.42. The summed E-state index contributed by atoms with van der Waals surface area (Å²) in [7, 11) is 0. The molecule has 0 fully saturated rings. The lowest BCUT2D eigenvalue weighted by Gasteiger charge is -2.14. The first-order valence-corrected chi connectivity index (χ1v) is 8.88. The molecule has 2 N–H and O–H groups in total. The zero-order valence-corrected chi connectivity index (χ0v) is 15.7. The van der Waals surface area contributed by atoms with Gasteiger partial charge in [0.05, 0.1) is 12.1 Å². The van der Waals surface area contributed by atoms with Crippen LogP contribution in [0, 0.1) is 20.4 Å². The highest BCUT2D eigenvalue weighted by molar-refractivity contribution is 5.82. The Morgan fingerprint density at radius 2 is 1.79 bits per heavy atom. The van der Waals surface area contributed by atoms with Crippen LogP contribution in [-0.2, 0) is 6.54 Å². The smallest absolute Gasteiger partial charge is 0.249 e. The Hall–Kier alpha value is -3.85. The van der Waals surface area contributed by atoms with Gasteiger partial charge < -0.3 is 15.0 Å². The Bertz CT molecular complexity index is 1180. The molecule has 0 radical (unpaired) electrons. The van der Waals surface area contributed by atoms with E-state index in [4.69, 9.17) is 17.0 Å². The first-order valence-electron chi connectivity index (χ1n) is 8.88. The maximum atomic E-state index is 7.22. The molecule has 0 amide bonds. The number of fused-ring (bicyclic) bond motifs is 1. The van der Waals surface area contributed by atoms with Crippen LogP contribution < -0.4 is 10.5 Å². The van der Waals surface area contributed by atoms with Gasteiger partial charge in [0.25, 0.3) is 0 Å². The maximum Gasteiger partial charge on any atom is 0.249 e. The van der Waals surface area contributed by atoms with Gasteiger partial charge in [0, 0.05) is 12.7 Å². The van der Waals surface area contributed by atoms with Gasteiger partial charge >= 0.3 is 0 Å². The van der Waals surface area contributed by atoms with Crippen molar-refractivity contribution in [3.05, 3.63) is 82.8 Å². The predicted octanol–water partition coefficient (Wildman–Crippen LogP) is 5.02. The van der Waals surface area contributed by atoms with Crippen molar-refractivity contribution < 1.29 is 4.74 Å². The molecule has 138 valence electrons. The van der Waals surface area contributed by atoms with E-state index < -0.39 is 0 Å². The minimum atomic E-state index is 0.160. The monoisotopic (exact) mass is 369 g/mol. The summed E-state index contributed by atoms with van der Waals surface area (Å²) in [5, 5.41) is 0. The van der Waals surface area contributed by atoms with Crippen molar-refractivity contribution >= 4 is 22.7 Å². The Labute approximate surface area is 163 Å². The molecule has 0 unspecified atom stereocenters. The summed E-state index contributed by atoms with van der Waals surface area (Å²) in [5.74, 6) is 1.25. The molecule has 0 aliphatic heterocycles. The van der Waals surface area contributed by atoms with Crippen LogP contribution in [0.3, 0.4) is 0 Å². The molecular weight excluding hydrogens is 350 g/mol. The molecule has 0 atom stereocenters. The van der Waals surface area contributed by atoms with Gasteiger partial charge in [0.1, 0.15) is 11.3 Å². The fourth-order valence-corrected chi connectivity index (χ4v) is 3.32. The molecule has 0 aliphatic carbocycles. The van der Waals surface area contributed by atoms with E-state index in [1.807, 2.05) is 44.3 Å². The second-order valence-electron chi connectivity index (χ2n) is 6.67. The summed E-state index contributed by atoms with van der Waals surface area (Å²) in [5.41, 5.74) is 10.9. The van der Waals surface area contributed by atoms with Gasteiger partial charge in [-0.05, 0) is 48.7 Å². The van der Waals surface area contributed by atoms with Crippen LogP contribution in [0.25, 0.3) is 15.9 Å². The third kappa shape index (κ3) is 3.26. The van der Waals surface area contributed by atoms with Gasteiger partial charge in [-0.25, -0.2) is 9.83 Å². The van der Waals surface area contributed by atoms with Gasteiger partial charge in [0.2, 0.25) is 11.8 Å². The largest absolute Gasteiger partial charge is 0.436 e. The van der Waals surface area contributed by atoms with Crippen molar-refractivity contribution in [1.29, 1.82) is 0 Å². The number of hydrogen-bond donors (Lipinski definition) is 1. The zero-order valence-electron chi connectivity index (χ0n) is 15.7. The van der Waals surface area contributed by atoms with E-state index in [9.17, 15) is 0 Å². The Morgan fingerprint density at radius 1 is 1.07 bits per heavy atom. The van der Waals surface area contributed by atoms with Gasteiger partial charge in [-0.15, -0.1) is 0 Å². The number of rotatable bonds is 4. The number of nitrogen functional groups attached to an aromatic ring is 1. The molecule has 28 heavy (non-hydrogen) atoms. The first-order chi connectivity index (χ1) is 13.5. The summed E-state index contributed by atoms with van der Waals surface area (Å²) in [4.78, 5) is 12.2. The van der Waals surface area contributed by atoms with E-state index in [1.165, 1.54) is 0 Å². The molecule has 0 saturated heterocycles. The van der Waals surface area contributed by atoms with Crippen molar-refractivity contribution in [3.8, 4) is 11.6 Å². The molecule has 2 aromatic heterocycles. The summed E-state index contributed by atoms with van der Waals surface area (Å²) in [6.07, 6.45) is 1.96. The lowest BCUT2D eigenvalue weighted by atomic mass is 10.1. The van der Waals surface area contributed by atoms with E-state index in [2.05, 4.69) is 31.5 Å². The molecule has 6 heteroatoms. The Morgan fingerprint density at radius 3 is 2.46 bits per heavy atom. The van der Waals surface area contributed by atoms with Crippen LogP contribution in [0.2, 0.25) is 0 Å². The summed E-state index contributed by atoms with van der Waals surface area (Å²) < 4.78 is 8.27. The molecule has 0 spiro atoms. The lowest BCUT2D eigenvalue weighted by molar-refractivity contribution is 0.459. The average Bonchev–Trinajstić information content (AvgIpc) is 3.07. The molecule has 4 rings (SSSR count). The standard InChI is InChI=1S/C22H19N5O/c1-14-11-17(24-3)12-15(2)20(14)28-21-19-18(25-22(23)26-21)9-10-27(19)13-16-7-5-4-6-8-16/h4-12H,13H2,1-2H3,(H2,23,25,26). The normalized spacial score (nSPS) is 10.8. The quantitative estimate of drug-likeness (QED) is 0.513. The van der Waals surface area contributed by atoms with Gasteiger partial charge in [0.15, 0.2) is 5.69 Å². The van der Waals surface area contributed by atoms with Crippen LogP contribution in [0.1, 0.15) is 16.7 Å². The van der Waals surface area contributed by atoms with Crippen molar-refractivity contribution in [3.63, 3.8) is 0 Å². The summed E-state index contributed by atoms with van der Waals surface area (Å²) in [6, 6.07) is 15.7. The van der Waals surface area contributed by atoms with Gasteiger partial charge in [-0.2, -0.15) is 4.98 Å². The number of nitrogens with two attached hydrogens (primary N) is 1. The number of nitrogens with zero attached hydrogens (tertiary/aromatic N) is 4. The molecule has 2 heterocycles. The van der Waals surface area contributed by atoms with E-state index in [0.717, 1.165) is 27.7 Å². The second kappa shape index (κ2) is 7.05. The minimum absolute atomic E-state index is 0.160. The van der Waals surface area contributed by atoms with Gasteiger partial charge in [-0.1, -0.05) is 30.3 Å². The Balaban J connectivity index is 1.81. The van der Waals surface area contributed by atoms with Crippen LogP contribution in [0.4, 0.5) is 11.6 Å². The summed E-state index contributed by atoms with van der Waals surface area (Å²) >= 11 is 0. The lowest BCUT2D eigenvalue weighted by Crippen LogP contribution is -2.04. The number of ether oxygens (including phenoxy) is 1. The van der Waals surface area contributed by atoms with Crippen molar-refractivity contribution in [1.82, 2.24) is 14.5 Å². The number of benzene rings is 2. The van der Waals surface area contributed by atoms with E-state index in [0.29, 0.717) is 23.9 Å². The van der Waals surface area contributed by atoms with Crippen molar-refractivity contribution in [2.24, 2.45) is 0 Å². The van der Waals surface area contributed by atoms with Crippen molar-refractivity contribution in [2.75, 3.05) is 5.73 Å². The molecule has 6 nitrogen and oxygen atoms in total. The topological polar surface area (TPSA) is 70.3 Å². The SMILES string of the molecule is [C-]#[N+]c1cc(C)c(Oc2nc(N)nc3ccn(Cc4ccccc4)c23)c(C)c1. The molecule has 2 aromatic carbocycles. The molecule has 0 saturated carbocycles. The van der Waals surface area contributed by atoms with Crippen LogP contribution in [0.5, 0.6) is 11.6 Å². The zero-order chi connectivity index (χ0) is 19.7. The number of hydrogen-bond acceptors (Lipinski definition) is 4. The van der Waals surface area contributed by atoms with E-state index in [-0.39, 0.29) is 5.95 Å². The van der Waals surface area contributed by atoms with E-state index >= 15 is 0 Å². The van der Waals surface area contributed by atoms with Crippen LogP contribution in [0.15, 0.2) is 54.7 Å². The fourth-order valence-electron chi connectivity index (χ4n) is 3.32. The highest BCUT2D eigenvalue weighted by Crippen LogP contribution is 2.35. The first kappa shape index (κ1) is 17.6. The predicted molar refractivity (Wildman–Crippen MR) is 110 cm³/mol. The number of aryl methyl sites for hydroxylation is 2. The molecule has 0 bridgehead atoms. The van der Waals surface area contributed by atoms with Crippen LogP contribution in [-0.4, -0.2) is 14.5 Å². The fraction of sp³-hybridized carbons (Fsp3) is 0.136. The number of anilines is 1. The highest BCUT2D eigenvalue weighted by Gasteiger charge is 2.16. The van der Waals surface area contributed by atoms with E-state index in [1.54, 1.807) is 12.1 Å². The minimum Gasteiger partial charge on any atom is -0.436 e. The maximum absolute atomic E-state index is 7.22. The third-order valence-corrected chi connectivity index (χ3v) is 4.56. The molecule has 0 aliphatic rings.